The first-order valence-electron chi connectivity index (χ1n) is 8.10. The summed E-state index contributed by atoms with van der Waals surface area (Å²) in [5.74, 6) is -1.44. The summed E-state index contributed by atoms with van der Waals surface area (Å²) in [5, 5.41) is 13.5. The van der Waals surface area contributed by atoms with Gasteiger partial charge in [-0.3, -0.25) is 0 Å². The Balaban J connectivity index is 1.72. The van der Waals surface area contributed by atoms with E-state index in [2.05, 4.69) is 14.8 Å². The second kappa shape index (κ2) is 6.36. The summed E-state index contributed by atoms with van der Waals surface area (Å²) in [5.41, 5.74) is 1.13. The lowest BCUT2D eigenvalue weighted by Crippen LogP contribution is -2.48. The molecule has 0 radical (unpaired) electrons. The van der Waals surface area contributed by atoms with Crippen molar-refractivity contribution in [3.63, 3.8) is 0 Å². The number of alkyl halides is 3. The standard InChI is InChI=1S/C17H12F4N4O3/c18-15-13-12(5-6-22-15)25(23-14(13)9-7-24(8-9)16(26)27)10-1-3-11(4-2-10)28-17(19,20)21/h1-6,9H,7-8H2,(H,26,27). The van der Waals surface area contributed by atoms with E-state index in [1.165, 1.54) is 34.0 Å². The van der Waals surface area contributed by atoms with Gasteiger partial charge in [0.05, 0.1) is 22.3 Å². The normalized spacial score (nSPS) is 14.9. The number of pyridine rings is 1. The number of hydrogen-bond donors (Lipinski definition) is 1. The number of carbonyl (C=O) groups is 1. The second-order valence-corrected chi connectivity index (χ2v) is 6.22. The molecule has 7 nitrogen and oxygen atoms in total. The maximum atomic E-state index is 14.4. The zero-order valence-electron chi connectivity index (χ0n) is 14.0. The molecule has 11 heteroatoms. The van der Waals surface area contributed by atoms with Gasteiger partial charge >= 0.3 is 12.5 Å². The number of hydrogen-bond acceptors (Lipinski definition) is 4. The molecule has 1 fully saturated rings. The molecular weight excluding hydrogens is 384 g/mol. The average molecular weight is 396 g/mol. The van der Waals surface area contributed by atoms with E-state index in [-0.39, 0.29) is 24.4 Å². The topological polar surface area (TPSA) is 80.5 Å². The van der Waals surface area contributed by atoms with Crippen molar-refractivity contribution in [2.24, 2.45) is 0 Å². The van der Waals surface area contributed by atoms with E-state index >= 15 is 0 Å². The number of ether oxygens (including phenoxy) is 1. The van der Waals surface area contributed by atoms with Gasteiger partial charge in [-0.25, -0.2) is 14.5 Å². The smallest absolute Gasteiger partial charge is 0.465 e. The quantitative estimate of drug-likeness (QED) is 0.541. The van der Waals surface area contributed by atoms with Gasteiger partial charge in [0.15, 0.2) is 0 Å². The molecule has 0 unspecified atom stereocenters. The van der Waals surface area contributed by atoms with Gasteiger partial charge in [-0.15, -0.1) is 13.2 Å². The second-order valence-electron chi connectivity index (χ2n) is 6.22. The maximum absolute atomic E-state index is 14.4. The zero-order chi connectivity index (χ0) is 20.1. The Morgan fingerprint density at radius 1 is 1.18 bits per heavy atom. The van der Waals surface area contributed by atoms with Gasteiger partial charge in [0.2, 0.25) is 5.95 Å². The number of amides is 1. The van der Waals surface area contributed by atoms with E-state index in [1.807, 2.05) is 0 Å². The molecule has 0 atom stereocenters. The molecule has 1 N–H and O–H groups in total. The molecule has 3 heterocycles. The fraction of sp³-hybridized carbons (Fsp3) is 0.235. The van der Waals surface area contributed by atoms with Crippen molar-refractivity contribution in [2.75, 3.05) is 13.1 Å². The minimum absolute atomic E-state index is 0.160. The summed E-state index contributed by atoms with van der Waals surface area (Å²) < 4.78 is 56.5. The maximum Gasteiger partial charge on any atom is 0.573 e. The van der Waals surface area contributed by atoms with Crippen LogP contribution in [0.1, 0.15) is 11.6 Å². The van der Waals surface area contributed by atoms with Crippen LogP contribution in [-0.2, 0) is 0 Å². The molecule has 1 aromatic carbocycles. The van der Waals surface area contributed by atoms with E-state index in [1.54, 1.807) is 0 Å². The van der Waals surface area contributed by atoms with Crippen LogP contribution in [-0.4, -0.2) is 50.3 Å². The Bertz CT molecular complexity index is 1040. The summed E-state index contributed by atoms with van der Waals surface area (Å²) in [6.45, 7) is 0.349. The Kier molecular flexibility index (Phi) is 4.09. The first kappa shape index (κ1) is 18.0. The molecule has 1 aliphatic rings. The molecule has 0 bridgehead atoms. The van der Waals surface area contributed by atoms with E-state index in [0.29, 0.717) is 16.9 Å². The van der Waals surface area contributed by atoms with Crippen LogP contribution >= 0.6 is 0 Å². The van der Waals surface area contributed by atoms with Crippen LogP contribution in [0.15, 0.2) is 36.5 Å². The number of likely N-dealkylation sites (tertiary alicyclic amines) is 1. The molecule has 1 amide bonds. The van der Waals surface area contributed by atoms with Gasteiger partial charge < -0.3 is 14.7 Å². The molecule has 0 spiro atoms. The molecule has 0 saturated carbocycles. The van der Waals surface area contributed by atoms with E-state index in [4.69, 9.17) is 5.11 Å². The van der Waals surface area contributed by atoms with Gasteiger partial charge in [0.25, 0.3) is 0 Å². The lowest BCUT2D eigenvalue weighted by atomic mass is 9.95. The Morgan fingerprint density at radius 3 is 2.46 bits per heavy atom. The first-order chi connectivity index (χ1) is 13.2. The Labute approximate surface area is 154 Å². The van der Waals surface area contributed by atoms with E-state index < -0.39 is 24.2 Å². The number of fused-ring (bicyclic) bond motifs is 1. The van der Waals surface area contributed by atoms with Gasteiger partial charge in [0.1, 0.15) is 5.75 Å². The van der Waals surface area contributed by atoms with Crippen molar-refractivity contribution in [1.29, 1.82) is 0 Å². The molecule has 146 valence electrons. The number of aromatic nitrogens is 3. The number of nitrogens with zero attached hydrogens (tertiary/aromatic N) is 4. The predicted octanol–water partition coefficient (Wildman–Crippen LogP) is 3.54. The van der Waals surface area contributed by atoms with Crippen LogP contribution < -0.4 is 4.74 Å². The SMILES string of the molecule is O=C(O)N1CC(c2nn(-c3ccc(OC(F)(F)F)cc3)c3ccnc(F)c23)C1. The van der Waals surface area contributed by atoms with Gasteiger partial charge in [-0.1, -0.05) is 0 Å². The van der Waals surface area contributed by atoms with Crippen molar-refractivity contribution in [3.8, 4) is 11.4 Å². The Hall–Kier alpha value is -3.37. The van der Waals surface area contributed by atoms with Crippen molar-refractivity contribution in [2.45, 2.75) is 12.3 Å². The number of rotatable bonds is 3. The third-order valence-corrected chi connectivity index (χ3v) is 4.43. The van der Waals surface area contributed by atoms with Crippen LogP contribution in [0, 0.1) is 5.95 Å². The van der Waals surface area contributed by atoms with Crippen LogP contribution in [0.5, 0.6) is 5.75 Å². The first-order valence-corrected chi connectivity index (χ1v) is 8.10. The minimum Gasteiger partial charge on any atom is -0.465 e. The lowest BCUT2D eigenvalue weighted by molar-refractivity contribution is -0.274. The van der Waals surface area contributed by atoms with Gasteiger partial charge in [-0.05, 0) is 30.3 Å². The number of halogens is 4. The van der Waals surface area contributed by atoms with Crippen LogP contribution in [0.25, 0.3) is 16.6 Å². The van der Waals surface area contributed by atoms with Crippen LogP contribution in [0.3, 0.4) is 0 Å². The molecule has 3 aromatic rings. The Morgan fingerprint density at radius 2 is 1.86 bits per heavy atom. The van der Waals surface area contributed by atoms with Crippen molar-refractivity contribution in [1.82, 2.24) is 19.7 Å². The molecule has 1 aliphatic heterocycles. The average Bonchev–Trinajstić information content (AvgIpc) is 2.93. The zero-order valence-corrected chi connectivity index (χ0v) is 14.0. The summed E-state index contributed by atoms with van der Waals surface area (Å²) in [6.07, 6.45) is -4.62. The van der Waals surface area contributed by atoms with Gasteiger partial charge in [-0.2, -0.15) is 9.49 Å². The third kappa shape index (κ3) is 3.19. The molecule has 2 aromatic heterocycles. The predicted molar refractivity (Wildman–Crippen MR) is 87.8 cm³/mol. The highest BCUT2D eigenvalue weighted by Gasteiger charge is 2.36. The highest BCUT2D eigenvalue weighted by atomic mass is 19.4. The third-order valence-electron chi connectivity index (χ3n) is 4.43. The highest BCUT2D eigenvalue weighted by Crippen LogP contribution is 2.34. The van der Waals surface area contributed by atoms with Gasteiger partial charge in [0, 0.05) is 25.2 Å². The van der Waals surface area contributed by atoms with E-state index in [9.17, 15) is 22.4 Å². The molecule has 0 aliphatic carbocycles. The monoisotopic (exact) mass is 396 g/mol. The van der Waals surface area contributed by atoms with Crippen molar-refractivity contribution in [3.05, 3.63) is 48.2 Å². The summed E-state index contributed by atoms with van der Waals surface area (Å²) in [4.78, 5) is 15.8. The van der Waals surface area contributed by atoms with Crippen molar-refractivity contribution >= 4 is 17.0 Å². The summed E-state index contributed by atoms with van der Waals surface area (Å²) in [7, 11) is 0. The highest BCUT2D eigenvalue weighted by molar-refractivity contribution is 5.84. The minimum atomic E-state index is -4.80. The summed E-state index contributed by atoms with van der Waals surface area (Å²) in [6, 6.07) is 6.51. The van der Waals surface area contributed by atoms with Crippen molar-refractivity contribution < 1.29 is 32.2 Å². The molecular formula is C17H12F4N4O3. The number of benzene rings is 1. The lowest BCUT2D eigenvalue weighted by Gasteiger charge is -2.36. The molecule has 4 rings (SSSR count). The largest absolute Gasteiger partial charge is 0.573 e. The fourth-order valence-electron chi connectivity index (χ4n) is 3.13. The van der Waals surface area contributed by atoms with Crippen LogP contribution in [0.4, 0.5) is 22.4 Å². The molecule has 1 saturated heterocycles. The number of carboxylic acid groups (broad SMARTS) is 1. The summed E-state index contributed by atoms with van der Waals surface area (Å²) >= 11 is 0. The van der Waals surface area contributed by atoms with E-state index in [0.717, 1.165) is 12.1 Å². The van der Waals surface area contributed by atoms with Crippen LogP contribution in [0.2, 0.25) is 0 Å². The fourth-order valence-corrected chi connectivity index (χ4v) is 3.13. The molecule has 28 heavy (non-hydrogen) atoms.